The normalized spacial score (nSPS) is 22.1. The Balaban J connectivity index is 0.00000133. The van der Waals surface area contributed by atoms with Crippen LogP contribution in [0.3, 0.4) is 0 Å². The summed E-state index contributed by atoms with van der Waals surface area (Å²) in [5.74, 6) is 0.836. The van der Waals surface area contributed by atoms with Crippen molar-refractivity contribution in [3.05, 3.63) is 29.6 Å². The molecule has 19 heavy (non-hydrogen) atoms. The van der Waals surface area contributed by atoms with Crippen LogP contribution in [0.2, 0.25) is 0 Å². The Bertz CT molecular complexity index is 664. The van der Waals surface area contributed by atoms with Crippen LogP contribution in [-0.2, 0) is 10.2 Å². The number of hydrogen-bond donors (Lipinski definition) is 2. The lowest BCUT2D eigenvalue weighted by atomic mass is 9.79. The molecule has 1 aromatic heterocycles. The van der Waals surface area contributed by atoms with Gasteiger partial charge in [-0.2, -0.15) is 5.10 Å². The van der Waals surface area contributed by atoms with Crippen LogP contribution in [0.5, 0.6) is 0 Å². The van der Waals surface area contributed by atoms with Crippen LogP contribution in [0, 0.1) is 6.92 Å². The Morgan fingerprint density at radius 1 is 1.37 bits per heavy atom. The molecule has 3 rings (SSSR count). The molecule has 0 aliphatic carbocycles. The summed E-state index contributed by atoms with van der Waals surface area (Å²) in [6.45, 7) is 3.94. The predicted octanol–water partition coefficient (Wildman–Crippen LogP) is 2.06. The first-order chi connectivity index (χ1) is 8.57. The maximum Gasteiger partial charge on any atom is 0.241 e. The van der Waals surface area contributed by atoms with Gasteiger partial charge >= 0.3 is 0 Å². The fraction of sp³-hybridized carbons (Fsp3) is 0.308. The molecule has 0 saturated heterocycles. The Morgan fingerprint density at radius 2 is 2.16 bits per heavy atom. The average molecular weight is 279 g/mol. The summed E-state index contributed by atoms with van der Waals surface area (Å²) in [4.78, 5) is 19.1. The third-order valence-electron chi connectivity index (χ3n) is 3.33. The van der Waals surface area contributed by atoms with Gasteiger partial charge in [0.05, 0.1) is 11.0 Å². The number of carbonyl (C=O) groups excluding carboxylic acids is 1. The molecule has 2 N–H and O–H groups in total. The number of fused-ring (bicyclic) bond motifs is 1. The first-order valence-corrected chi connectivity index (χ1v) is 5.87. The highest BCUT2D eigenvalue weighted by molar-refractivity contribution is 5.90. The Kier molecular flexibility index (Phi) is 3.32. The highest BCUT2D eigenvalue weighted by atomic mass is 35.5. The number of imidazole rings is 1. The molecule has 0 spiro atoms. The number of rotatable bonds is 1. The van der Waals surface area contributed by atoms with Crippen molar-refractivity contribution in [2.75, 3.05) is 0 Å². The number of aromatic amines is 1. The molecular formula is C13H15ClN4O. The van der Waals surface area contributed by atoms with E-state index in [1.165, 1.54) is 0 Å². The maximum atomic E-state index is 11.5. The second-order valence-electron chi connectivity index (χ2n) is 4.94. The maximum absolute atomic E-state index is 11.5. The molecule has 1 unspecified atom stereocenters. The van der Waals surface area contributed by atoms with Crippen molar-refractivity contribution in [3.8, 4) is 0 Å². The van der Waals surface area contributed by atoms with Gasteiger partial charge in [0, 0.05) is 18.1 Å². The topological polar surface area (TPSA) is 70.1 Å². The van der Waals surface area contributed by atoms with Crippen LogP contribution in [0.15, 0.2) is 23.3 Å². The molecule has 2 aromatic rings. The van der Waals surface area contributed by atoms with Crippen molar-refractivity contribution in [1.82, 2.24) is 15.4 Å². The largest absolute Gasteiger partial charge is 0.342 e. The molecule has 1 aliphatic rings. The van der Waals surface area contributed by atoms with Crippen LogP contribution < -0.4 is 5.43 Å². The van der Waals surface area contributed by atoms with Gasteiger partial charge in [-0.3, -0.25) is 4.79 Å². The molecule has 6 heteroatoms. The zero-order valence-electron chi connectivity index (χ0n) is 10.7. The minimum absolute atomic E-state index is 0. The molecule has 0 saturated carbocycles. The van der Waals surface area contributed by atoms with Crippen molar-refractivity contribution < 1.29 is 4.79 Å². The number of amides is 1. The second kappa shape index (κ2) is 4.66. The highest BCUT2D eigenvalue weighted by Gasteiger charge is 2.31. The van der Waals surface area contributed by atoms with Gasteiger partial charge in [-0.05, 0) is 31.5 Å². The zero-order chi connectivity index (χ0) is 12.8. The minimum Gasteiger partial charge on any atom is -0.342 e. The number of halogens is 1. The van der Waals surface area contributed by atoms with Gasteiger partial charge in [-0.1, -0.05) is 6.07 Å². The van der Waals surface area contributed by atoms with Crippen LogP contribution in [0.4, 0.5) is 0 Å². The number of hydrogen-bond acceptors (Lipinski definition) is 3. The fourth-order valence-electron chi connectivity index (χ4n) is 2.33. The highest BCUT2D eigenvalue weighted by Crippen LogP contribution is 2.29. The Morgan fingerprint density at radius 3 is 2.89 bits per heavy atom. The van der Waals surface area contributed by atoms with Crippen LogP contribution in [-0.4, -0.2) is 22.1 Å². The first kappa shape index (κ1) is 13.5. The van der Waals surface area contributed by atoms with Gasteiger partial charge in [0.2, 0.25) is 5.91 Å². The molecule has 0 bridgehead atoms. The SMILES string of the molecule is Cc1nc2ccc(C3(C)C=NNC(=O)C3)cc2[nH]1.Cl. The minimum atomic E-state index is -0.352. The van der Waals surface area contributed by atoms with Crippen molar-refractivity contribution in [2.24, 2.45) is 5.10 Å². The average Bonchev–Trinajstić information content (AvgIpc) is 2.67. The van der Waals surface area contributed by atoms with E-state index in [0.29, 0.717) is 6.42 Å². The summed E-state index contributed by atoms with van der Waals surface area (Å²) in [6, 6.07) is 6.02. The standard InChI is InChI=1S/C13H14N4O.ClH/c1-8-15-10-4-3-9(5-11(10)16-8)13(2)6-12(18)17-14-7-13;/h3-5,7H,6H2,1-2H3,(H,15,16)(H,17,18);1H. The summed E-state index contributed by atoms with van der Waals surface area (Å²) >= 11 is 0. The molecule has 2 heterocycles. The fourth-order valence-corrected chi connectivity index (χ4v) is 2.33. The molecular weight excluding hydrogens is 264 g/mol. The van der Waals surface area contributed by atoms with Crippen molar-refractivity contribution >= 4 is 35.6 Å². The smallest absolute Gasteiger partial charge is 0.241 e. The molecule has 0 fully saturated rings. The van der Waals surface area contributed by atoms with E-state index in [-0.39, 0.29) is 23.7 Å². The van der Waals surface area contributed by atoms with Gasteiger partial charge in [0.25, 0.3) is 0 Å². The Hall–Kier alpha value is -1.88. The number of H-pyrrole nitrogens is 1. The summed E-state index contributed by atoms with van der Waals surface area (Å²) in [5.41, 5.74) is 5.11. The van der Waals surface area contributed by atoms with Crippen LogP contribution in [0.25, 0.3) is 11.0 Å². The quantitative estimate of drug-likeness (QED) is 0.838. The van der Waals surface area contributed by atoms with Crippen molar-refractivity contribution in [1.29, 1.82) is 0 Å². The predicted molar refractivity (Wildman–Crippen MR) is 76.7 cm³/mol. The number of hydrazone groups is 1. The molecule has 1 atom stereocenters. The summed E-state index contributed by atoms with van der Waals surface area (Å²) in [6.07, 6.45) is 2.20. The second-order valence-corrected chi connectivity index (χ2v) is 4.94. The van der Waals surface area contributed by atoms with Crippen LogP contribution >= 0.6 is 12.4 Å². The molecule has 5 nitrogen and oxygen atoms in total. The van der Waals surface area contributed by atoms with Gasteiger partial charge in [0.15, 0.2) is 0 Å². The zero-order valence-corrected chi connectivity index (χ0v) is 11.5. The van der Waals surface area contributed by atoms with Crippen LogP contribution in [0.1, 0.15) is 24.7 Å². The number of nitrogens with zero attached hydrogens (tertiary/aromatic N) is 2. The van der Waals surface area contributed by atoms with E-state index in [0.717, 1.165) is 22.4 Å². The first-order valence-electron chi connectivity index (χ1n) is 5.87. The molecule has 0 radical (unpaired) electrons. The van der Waals surface area contributed by atoms with Crippen molar-refractivity contribution in [3.63, 3.8) is 0 Å². The van der Waals surface area contributed by atoms with Gasteiger partial charge in [0.1, 0.15) is 5.82 Å². The number of carbonyl (C=O) groups is 1. The molecule has 1 aliphatic heterocycles. The number of nitrogens with one attached hydrogen (secondary N) is 2. The lowest BCUT2D eigenvalue weighted by molar-refractivity contribution is -0.122. The molecule has 100 valence electrons. The van der Waals surface area contributed by atoms with Gasteiger partial charge in [-0.25, -0.2) is 10.4 Å². The molecule has 1 aromatic carbocycles. The summed E-state index contributed by atoms with van der Waals surface area (Å²) in [5, 5.41) is 3.92. The van der Waals surface area contributed by atoms with E-state index in [1.807, 2.05) is 32.0 Å². The van der Waals surface area contributed by atoms with E-state index in [2.05, 4.69) is 20.5 Å². The Labute approximate surface area is 116 Å². The third-order valence-corrected chi connectivity index (χ3v) is 3.33. The monoisotopic (exact) mass is 278 g/mol. The van der Waals surface area contributed by atoms with E-state index in [1.54, 1.807) is 6.21 Å². The van der Waals surface area contributed by atoms with Crippen molar-refractivity contribution in [2.45, 2.75) is 25.7 Å². The van der Waals surface area contributed by atoms with E-state index >= 15 is 0 Å². The van der Waals surface area contributed by atoms with Gasteiger partial charge < -0.3 is 4.98 Å². The summed E-state index contributed by atoms with van der Waals surface area (Å²) in [7, 11) is 0. The lowest BCUT2D eigenvalue weighted by Crippen LogP contribution is -2.37. The third kappa shape index (κ3) is 2.33. The molecule has 1 amide bonds. The van der Waals surface area contributed by atoms with E-state index in [4.69, 9.17) is 0 Å². The van der Waals surface area contributed by atoms with E-state index < -0.39 is 0 Å². The lowest BCUT2D eigenvalue weighted by Gasteiger charge is -2.27. The van der Waals surface area contributed by atoms with E-state index in [9.17, 15) is 4.79 Å². The van der Waals surface area contributed by atoms with Gasteiger partial charge in [-0.15, -0.1) is 12.4 Å². The number of aromatic nitrogens is 2. The number of aryl methyl sites for hydroxylation is 1. The summed E-state index contributed by atoms with van der Waals surface area (Å²) < 4.78 is 0. The number of benzene rings is 1.